The van der Waals surface area contributed by atoms with E-state index in [0.29, 0.717) is 5.75 Å². The summed E-state index contributed by atoms with van der Waals surface area (Å²) in [4.78, 5) is 4.49. The first-order valence-corrected chi connectivity index (χ1v) is 7.56. The van der Waals surface area contributed by atoms with Gasteiger partial charge in [0.1, 0.15) is 16.8 Å². The number of halogens is 4. The maximum atomic E-state index is 12.6. The van der Waals surface area contributed by atoms with Gasteiger partial charge in [0.05, 0.1) is 10.6 Å². The predicted octanol–water partition coefficient (Wildman–Crippen LogP) is 5.20. The molecule has 0 amide bonds. The van der Waals surface area contributed by atoms with Gasteiger partial charge < -0.3 is 4.74 Å². The van der Waals surface area contributed by atoms with Gasteiger partial charge in [0.25, 0.3) is 0 Å². The quantitative estimate of drug-likeness (QED) is 0.754. The van der Waals surface area contributed by atoms with Crippen LogP contribution in [0.1, 0.15) is 12.5 Å². The van der Waals surface area contributed by atoms with Gasteiger partial charge in [-0.15, -0.1) is 0 Å². The molecule has 8 heteroatoms. The molecule has 1 aromatic carbocycles. The number of nitriles is 1. The summed E-state index contributed by atoms with van der Waals surface area (Å²) in [5, 5.41) is 8.88. The summed E-state index contributed by atoms with van der Waals surface area (Å²) in [5.74, 6) is 0.523. The Morgan fingerprint density at radius 1 is 1.30 bits per heavy atom. The van der Waals surface area contributed by atoms with Crippen molar-refractivity contribution in [2.45, 2.75) is 29.1 Å². The molecule has 2 rings (SSSR count). The van der Waals surface area contributed by atoms with Crippen LogP contribution in [0.4, 0.5) is 13.2 Å². The zero-order valence-corrected chi connectivity index (χ0v) is 13.3. The summed E-state index contributed by atoms with van der Waals surface area (Å²) < 4.78 is 43.0. The molecule has 0 fully saturated rings. The smallest absolute Gasteiger partial charge is 0.417 e. The molecule has 1 aromatic heterocycles. The molecule has 0 aliphatic heterocycles. The number of nitrogens with zero attached hydrogens (tertiary/aromatic N) is 2. The zero-order chi connectivity index (χ0) is 17.0. The first kappa shape index (κ1) is 17.4. The molecule has 120 valence electrons. The van der Waals surface area contributed by atoms with Crippen LogP contribution in [0, 0.1) is 11.3 Å². The van der Waals surface area contributed by atoms with Crippen molar-refractivity contribution in [3.05, 3.63) is 47.1 Å². The van der Waals surface area contributed by atoms with Crippen LogP contribution in [0.3, 0.4) is 0 Å². The lowest BCUT2D eigenvalue weighted by Gasteiger charge is -2.10. The van der Waals surface area contributed by atoms with E-state index in [2.05, 4.69) is 4.98 Å². The molecule has 0 N–H and O–H groups in total. The van der Waals surface area contributed by atoms with Gasteiger partial charge in [-0.05, 0) is 37.3 Å². The number of aromatic nitrogens is 1. The van der Waals surface area contributed by atoms with E-state index in [1.54, 1.807) is 31.2 Å². The minimum absolute atomic E-state index is 0.0664. The van der Waals surface area contributed by atoms with Crippen LogP contribution in [-0.2, 0) is 6.18 Å². The molecule has 1 atom stereocenters. The minimum atomic E-state index is -4.48. The molecule has 3 nitrogen and oxygen atoms in total. The van der Waals surface area contributed by atoms with Crippen molar-refractivity contribution in [1.29, 1.82) is 5.26 Å². The molecule has 0 aliphatic rings. The van der Waals surface area contributed by atoms with Gasteiger partial charge in [0.2, 0.25) is 0 Å². The van der Waals surface area contributed by atoms with Gasteiger partial charge in [-0.25, -0.2) is 4.98 Å². The number of pyridine rings is 1. The fourth-order valence-electron chi connectivity index (χ4n) is 1.58. The topological polar surface area (TPSA) is 45.9 Å². The highest BCUT2D eigenvalue weighted by Gasteiger charge is 2.31. The summed E-state index contributed by atoms with van der Waals surface area (Å²) >= 11 is 7.00. The monoisotopic (exact) mass is 358 g/mol. The van der Waals surface area contributed by atoms with Gasteiger partial charge in [-0.2, -0.15) is 18.4 Å². The van der Waals surface area contributed by atoms with Crippen molar-refractivity contribution < 1.29 is 17.9 Å². The van der Waals surface area contributed by atoms with Crippen molar-refractivity contribution in [2.75, 3.05) is 0 Å². The fraction of sp³-hybridized carbons (Fsp3) is 0.200. The average molecular weight is 359 g/mol. The van der Waals surface area contributed by atoms with E-state index in [1.165, 1.54) is 0 Å². The minimum Gasteiger partial charge on any atom is -0.476 e. The molecular weight excluding hydrogens is 349 g/mol. The normalized spacial score (nSPS) is 12.5. The summed E-state index contributed by atoms with van der Waals surface area (Å²) in [6.07, 6.45) is -4.30. The first-order chi connectivity index (χ1) is 10.8. The summed E-state index contributed by atoms with van der Waals surface area (Å²) in [6.45, 7) is 1.62. The standard InChI is InChI=1S/C15H10ClF3N2OS/c1-9(7-20)22-11-2-4-12(5-3-11)23-14-13(16)6-10(8-21-14)15(17,18)19/h2-6,8-9H,1H3. The van der Waals surface area contributed by atoms with Crippen molar-refractivity contribution in [3.63, 3.8) is 0 Å². The Labute approximate surface area is 140 Å². The number of ether oxygens (including phenoxy) is 1. The Hall–Kier alpha value is -1.91. The Morgan fingerprint density at radius 3 is 2.48 bits per heavy atom. The summed E-state index contributed by atoms with van der Waals surface area (Å²) in [6, 6.07) is 9.53. The van der Waals surface area contributed by atoms with Gasteiger partial charge in [0, 0.05) is 11.1 Å². The average Bonchev–Trinajstić information content (AvgIpc) is 2.50. The van der Waals surface area contributed by atoms with E-state index < -0.39 is 17.8 Å². The van der Waals surface area contributed by atoms with E-state index >= 15 is 0 Å². The predicted molar refractivity (Wildman–Crippen MR) is 80.5 cm³/mol. The van der Waals surface area contributed by atoms with E-state index in [4.69, 9.17) is 21.6 Å². The molecule has 2 aromatic rings. The number of alkyl halides is 3. The molecule has 0 bridgehead atoms. The van der Waals surface area contributed by atoms with Gasteiger partial charge >= 0.3 is 6.18 Å². The van der Waals surface area contributed by atoms with E-state index in [-0.39, 0.29) is 10.0 Å². The third-order valence-corrected chi connectivity index (χ3v) is 4.09. The highest BCUT2D eigenvalue weighted by molar-refractivity contribution is 7.99. The van der Waals surface area contributed by atoms with Crippen LogP contribution in [0.5, 0.6) is 5.75 Å². The van der Waals surface area contributed by atoms with Gasteiger partial charge in [-0.3, -0.25) is 0 Å². The van der Waals surface area contributed by atoms with E-state index in [1.807, 2.05) is 6.07 Å². The molecule has 0 radical (unpaired) electrons. The number of benzene rings is 1. The first-order valence-electron chi connectivity index (χ1n) is 6.36. The SMILES string of the molecule is CC(C#N)Oc1ccc(Sc2ncc(C(F)(F)F)cc2Cl)cc1. The van der Waals surface area contributed by atoms with Crippen LogP contribution in [-0.4, -0.2) is 11.1 Å². The lowest BCUT2D eigenvalue weighted by molar-refractivity contribution is -0.137. The van der Waals surface area contributed by atoms with Crippen LogP contribution < -0.4 is 4.74 Å². The summed E-state index contributed by atoms with van der Waals surface area (Å²) in [7, 11) is 0. The molecular formula is C15H10ClF3N2OS. The number of hydrogen-bond acceptors (Lipinski definition) is 4. The highest BCUT2D eigenvalue weighted by Crippen LogP contribution is 2.36. The molecule has 1 unspecified atom stereocenters. The second kappa shape index (κ2) is 7.11. The van der Waals surface area contributed by atoms with Gasteiger partial charge in [0.15, 0.2) is 6.10 Å². The van der Waals surface area contributed by atoms with Crippen LogP contribution in [0.2, 0.25) is 5.02 Å². The Balaban J connectivity index is 2.12. The molecule has 0 spiro atoms. The highest BCUT2D eigenvalue weighted by atomic mass is 35.5. The zero-order valence-electron chi connectivity index (χ0n) is 11.8. The van der Waals surface area contributed by atoms with Crippen LogP contribution in [0.25, 0.3) is 0 Å². The molecule has 1 heterocycles. The maximum Gasteiger partial charge on any atom is 0.417 e. The summed E-state index contributed by atoms with van der Waals surface area (Å²) in [5.41, 5.74) is -0.888. The van der Waals surface area contributed by atoms with Crippen molar-refractivity contribution in [3.8, 4) is 11.8 Å². The van der Waals surface area contributed by atoms with Gasteiger partial charge in [-0.1, -0.05) is 23.4 Å². The Bertz CT molecular complexity index is 729. The van der Waals surface area contributed by atoms with Crippen molar-refractivity contribution in [2.24, 2.45) is 0 Å². The largest absolute Gasteiger partial charge is 0.476 e. The third-order valence-electron chi connectivity index (χ3n) is 2.67. The number of rotatable bonds is 4. The maximum absolute atomic E-state index is 12.6. The fourth-order valence-corrected chi connectivity index (χ4v) is 2.62. The van der Waals surface area contributed by atoms with Crippen molar-refractivity contribution >= 4 is 23.4 Å². The molecule has 0 saturated carbocycles. The molecule has 0 aliphatic carbocycles. The second-order valence-corrected chi connectivity index (χ2v) is 5.94. The number of hydrogen-bond donors (Lipinski definition) is 0. The van der Waals surface area contributed by atoms with Crippen LogP contribution in [0.15, 0.2) is 46.5 Å². The van der Waals surface area contributed by atoms with Crippen molar-refractivity contribution in [1.82, 2.24) is 4.98 Å². The second-order valence-electron chi connectivity index (χ2n) is 4.47. The Kier molecular flexibility index (Phi) is 5.39. The van der Waals surface area contributed by atoms with E-state index in [0.717, 1.165) is 28.9 Å². The Morgan fingerprint density at radius 2 is 1.96 bits per heavy atom. The van der Waals surface area contributed by atoms with Crippen LogP contribution >= 0.6 is 23.4 Å². The molecule has 0 saturated heterocycles. The van der Waals surface area contributed by atoms with E-state index in [9.17, 15) is 13.2 Å². The lowest BCUT2D eigenvalue weighted by atomic mass is 10.3. The molecule has 23 heavy (non-hydrogen) atoms. The third kappa shape index (κ3) is 4.78. The lowest BCUT2D eigenvalue weighted by Crippen LogP contribution is -2.07.